The van der Waals surface area contributed by atoms with Crippen molar-refractivity contribution in [3.05, 3.63) is 23.8 Å². The second kappa shape index (κ2) is 6.10. The zero-order valence-electron chi connectivity index (χ0n) is 10.1. The third-order valence-electron chi connectivity index (χ3n) is 2.18. The largest absolute Gasteiger partial charge is 0.478 e. The van der Waals surface area contributed by atoms with Gasteiger partial charge in [-0.2, -0.15) is 0 Å². The molecule has 1 aromatic carbocycles. The molecular formula is C12H18N2O3. The van der Waals surface area contributed by atoms with Crippen molar-refractivity contribution in [2.24, 2.45) is 0 Å². The molecule has 5 nitrogen and oxygen atoms in total. The number of carbonyl (C=O) groups is 1. The van der Waals surface area contributed by atoms with E-state index in [2.05, 4.69) is 5.32 Å². The minimum Gasteiger partial charge on any atom is -0.478 e. The second-order valence-corrected chi connectivity index (χ2v) is 3.92. The number of hydrogen-bond acceptors (Lipinski definition) is 4. The van der Waals surface area contributed by atoms with E-state index < -0.39 is 5.97 Å². The lowest BCUT2D eigenvalue weighted by Crippen LogP contribution is -2.16. The van der Waals surface area contributed by atoms with Crippen LogP contribution in [0.2, 0.25) is 0 Å². The number of benzene rings is 1. The maximum Gasteiger partial charge on any atom is 0.337 e. The highest BCUT2D eigenvalue weighted by molar-refractivity contribution is 5.97. The van der Waals surface area contributed by atoms with Gasteiger partial charge in [0.05, 0.1) is 29.6 Å². The van der Waals surface area contributed by atoms with Gasteiger partial charge in [0.25, 0.3) is 0 Å². The lowest BCUT2D eigenvalue weighted by Gasteiger charge is -2.13. The first kappa shape index (κ1) is 13.3. The molecule has 0 aliphatic rings. The van der Waals surface area contributed by atoms with Crippen molar-refractivity contribution in [2.75, 3.05) is 24.2 Å². The minimum atomic E-state index is -0.996. The monoisotopic (exact) mass is 238 g/mol. The van der Waals surface area contributed by atoms with E-state index in [4.69, 9.17) is 15.6 Å². The number of anilines is 2. The number of nitrogens with two attached hydrogens (primary N) is 1. The maximum absolute atomic E-state index is 11.0. The minimum absolute atomic E-state index is 0.156. The van der Waals surface area contributed by atoms with Crippen LogP contribution in [0, 0.1) is 0 Å². The van der Waals surface area contributed by atoms with Crippen LogP contribution in [0.15, 0.2) is 18.2 Å². The fourth-order valence-electron chi connectivity index (χ4n) is 1.42. The Bertz CT molecular complexity index is 391. The SMILES string of the molecule is CC(C)OCCNc1c(N)cccc1C(=O)O. The Hall–Kier alpha value is -1.75. The van der Waals surface area contributed by atoms with Crippen molar-refractivity contribution in [3.8, 4) is 0 Å². The summed E-state index contributed by atoms with van der Waals surface area (Å²) in [4.78, 5) is 11.0. The average molecular weight is 238 g/mol. The average Bonchev–Trinajstić information content (AvgIpc) is 2.25. The Labute approximate surface area is 101 Å². The number of carboxylic acid groups (broad SMARTS) is 1. The van der Waals surface area contributed by atoms with Crippen LogP contribution >= 0.6 is 0 Å². The maximum atomic E-state index is 11.0. The summed E-state index contributed by atoms with van der Waals surface area (Å²) in [6, 6.07) is 4.80. The Balaban J connectivity index is 2.66. The van der Waals surface area contributed by atoms with Crippen molar-refractivity contribution in [1.29, 1.82) is 0 Å². The van der Waals surface area contributed by atoms with Crippen molar-refractivity contribution < 1.29 is 14.6 Å². The van der Waals surface area contributed by atoms with Crippen LogP contribution in [0.1, 0.15) is 24.2 Å². The van der Waals surface area contributed by atoms with E-state index in [0.29, 0.717) is 24.5 Å². The molecule has 5 heteroatoms. The van der Waals surface area contributed by atoms with Gasteiger partial charge in [0.2, 0.25) is 0 Å². The quantitative estimate of drug-likeness (QED) is 0.520. The molecule has 0 aromatic heterocycles. The van der Waals surface area contributed by atoms with Gasteiger partial charge in [0, 0.05) is 6.54 Å². The Kier molecular flexibility index (Phi) is 4.78. The molecule has 0 unspecified atom stereocenters. The van der Waals surface area contributed by atoms with Crippen LogP contribution in [0.25, 0.3) is 0 Å². The number of nitrogens with one attached hydrogen (secondary N) is 1. The molecule has 0 heterocycles. The van der Waals surface area contributed by atoms with Crippen LogP contribution in [-0.2, 0) is 4.74 Å². The van der Waals surface area contributed by atoms with Crippen LogP contribution < -0.4 is 11.1 Å². The Morgan fingerprint density at radius 1 is 1.53 bits per heavy atom. The molecule has 0 bridgehead atoms. The normalized spacial score (nSPS) is 10.5. The molecule has 0 aliphatic carbocycles. The van der Waals surface area contributed by atoms with Crippen molar-refractivity contribution in [2.45, 2.75) is 20.0 Å². The highest BCUT2D eigenvalue weighted by Crippen LogP contribution is 2.23. The van der Waals surface area contributed by atoms with Crippen LogP contribution in [0.3, 0.4) is 0 Å². The van der Waals surface area contributed by atoms with E-state index >= 15 is 0 Å². The fraction of sp³-hybridized carbons (Fsp3) is 0.417. The van der Waals surface area contributed by atoms with Gasteiger partial charge in [0.1, 0.15) is 0 Å². The number of para-hydroxylation sites is 1. The lowest BCUT2D eigenvalue weighted by atomic mass is 10.1. The van der Waals surface area contributed by atoms with Gasteiger partial charge in [-0.25, -0.2) is 4.79 Å². The van der Waals surface area contributed by atoms with Gasteiger partial charge in [-0.1, -0.05) is 6.07 Å². The molecule has 0 atom stereocenters. The smallest absolute Gasteiger partial charge is 0.337 e. The van der Waals surface area contributed by atoms with E-state index in [-0.39, 0.29) is 11.7 Å². The standard InChI is InChI=1S/C12H18N2O3/c1-8(2)17-7-6-14-11-9(12(15)16)4-3-5-10(11)13/h3-5,8,14H,6-7,13H2,1-2H3,(H,15,16). The van der Waals surface area contributed by atoms with Crippen LogP contribution in [0.4, 0.5) is 11.4 Å². The van der Waals surface area contributed by atoms with E-state index in [1.165, 1.54) is 6.07 Å². The predicted molar refractivity (Wildman–Crippen MR) is 67.4 cm³/mol. The lowest BCUT2D eigenvalue weighted by molar-refractivity contribution is 0.0697. The third-order valence-corrected chi connectivity index (χ3v) is 2.18. The van der Waals surface area contributed by atoms with Gasteiger partial charge in [0.15, 0.2) is 0 Å². The van der Waals surface area contributed by atoms with E-state index in [1.54, 1.807) is 12.1 Å². The molecule has 0 saturated carbocycles. The molecule has 0 saturated heterocycles. The number of carboxylic acids is 1. The van der Waals surface area contributed by atoms with Gasteiger partial charge < -0.3 is 20.9 Å². The third kappa shape index (κ3) is 3.96. The first-order valence-corrected chi connectivity index (χ1v) is 5.49. The Morgan fingerprint density at radius 2 is 2.24 bits per heavy atom. The summed E-state index contributed by atoms with van der Waals surface area (Å²) in [5.74, 6) is -0.996. The number of rotatable bonds is 6. The summed E-state index contributed by atoms with van der Waals surface area (Å²) in [6.07, 6.45) is 0.156. The molecular weight excluding hydrogens is 220 g/mol. The van der Waals surface area contributed by atoms with Gasteiger partial charge >= 0.3 is 5.97 Å². The summed E-state index contributed by atoms with van der Waals surface area (Å²) in [5.41, 5.74) is 6.79. The topological polar surface area (TPSA) is 84.6 Å². The summed E-state index contributed by atoms with van der Waals surface area (Å²) < 4.78 is 5.35. The van der Waals surface area contributed by atoms with E-state index in [1.807, 2.05) is 13.8 Å². The molecule has 94 valence electrons. The summed E-state index contributed by atoms with van der Waals surface area (Å²) in [7, 11) is 0. The summed E-state index contributed by atoms with van der Waals surface area (Å²) >= 11 is 0. The van der Waals surface area contributed by atoms with E-state index in [9.17, 15) is 4.79 Å². The van der Waals surface area contributed by atoms with Crippen molar-refractivity contribution >= 4 is 17.3 Å². The predicted octanol–water partition coefficient (Wildman–Crippen LogP) is 1.80. The van der Waals surface area contributed by atoms with Gasteiger partial charge in [-0.15, -0.1) is 0 Å². The van der Waals surface area contributed by atoms with Crippen LogP contribution in [-0.4, -0.2) is 30.3 Å². The fourth-order valence-corrected chi connectivity index (χ4v) is 1.42. The molecule has 1 rings (SSSR count). The number of nitrogen functional groups attached to an aromatic ring is 1. The van der Waals surface area contributed by atoms with Crippen molar-refractivity contribution in [3.63, 3.8) is 0 Å². The summed E-state index contributed by atoms with van der Waals surface area (Å²) in [5, 5.41) is 12.0. The number of ether oxygens (including phenoxy) is 1. The Morgan fingerprint density at radius 3 is 2.82 bits per heavy atom. The van der Waals surface area contributed by atoms with E-state index in [0.717, 1.165) is 0 Å². The molecule has 0 spiro atoms. The first-order chi connectivity index (χ1) is 8.02. The molecule has 4 N–H and O–H groups in total. The zero-order valence-corrected chi connectivity index (χ0v) is 10.1. The first-order valence-electron chi connectivity index (χ1n) is 5.49. The molecule has 0 aliphatic heterocycles. The highest BCUT2D eigenvalue weighted by Gasteiger charge is 2.11. The molecule has 0 fully saturated rings. The highest BCUT2D eigenvalue weighted by atomic mass is 16.5. The molecule has 0 radical (unpaired) electrons. The number of aromatic carboxylic acids is 1. The molecule has 17 heavy (non-hydrogen) atoms. The van der Waals surface area contributed by atoms with Crippen LogP contribution in [0.5, 0.6) is 0 Å². The number of hydrogen-bond donors (Lipinski definition) is 3. The molecule has 1 aromatic rings. The zero-order chi connectivity index (χ0) is 12.8. The molecule has 0 amide bonds. The summed E-state index contributed by atoms with van der Waals surface area (Å²) in [6.45, 7) is 4.91. The second-order valence-electron chi connectivity index (χ2n) is 3.92. The van der Waals surface area contributed by atoms with Gasteiger partial charge in [-0.3, -0.25) is 0 Å². The van der Waals surface area contributed by atoms with Gasteiger partial charge in [-0.05, 0) is 26.0 Å². The van der Waals surface area contributed by atoms with Crippen molar-refractivity contribution in [1.82, 2.24) is 0 Å².